The second-order valence-electron chi connectivity index (χ2n) is 3.16. The Kier molecular flexibility index (Phi) is 2.04. The molecule has 3 nitrogen and oxygen atoms in total. The first-order valence-corrected chi connectivity index (χ1v) is 4.29. The molecule has 72 valence electrons. The van der Waals surface area contributed by atoms with E-state index in [0.717, 1.165) is 11.4 Å². The van der Waals surface area contributed by atoms with Gasteiger partial charge >= 0.3 is 0 Å². The van der Waals surface area contributed by atoms with Crippen molar-refractivity contribution in [2.45, 2.75) is 6.92 Å². The van der Waals surface area contributed by atoms with Crippen molar-refractivity contribution in [1.29, 1.82) is 0 Å². The fourth-order valence-electron chi connectivity index (χ4n) is 1.21. The van der Waals surface area contributed by atoms with Crippen LogP contribution in [-0.2, 0) is 7.05 Å². The predicted molar refractivity (Wildman–Crippen MR) is 51.1 cm³/mol. The summed E-state index contributed by atoms with van der Waals surface area (Å²) >= 11 is 0. The van der Waals surface area contributed by atoms with Gasteiger partial charge in [-0.2, -0.15) is 5.10 Å². The largest absolute Gasteiger partial charge is 0.272 e. The van der Waals surface area contributed by atoms with E-state index in [1.807, 2.05) is 20.0 Å². The van der Waals surface area contributed by atoms with Gasteiger partial charge in [0.15, 0.2) is 0 Å². The summed E-state index contributed by atoms with van der Waals surface area (Å²) in [6.45, 7) is 1.96. The third kappa shape index (κ3) is 1.51. The maximum atomic E-state index is 12.6. The summed E-state index contributed by atoms with van der Waals surface area (Å²) in [5.41, 5.74) is 2.51. The van der Waals surface area contributed by atoms with Gasteiger partial charge in [0.05, 0.1) is 11.9 Å². The number of hydrogen-bond donors (Lipinski definition) is 0. The Bertz CT molecular complexity index is 425. The smallest absolute Gasteiger partial charge is 0.141 e. The van der Waals surface area contributed by atoms with Crippen molar-refractivity contribution >= 4 is 0 Å². The van der Waals surface area contributed by atoms with E-state index in [-0.39, 0.29) is 5.82 Å². The average molecular weight is 191 g/mol. The van der Waals surface area contributed by atoms with Crippen molar-refractivity contribution in [2.24, 2.45) is 7.05 Å². The highest BCUT2D eigenvalue weighted by Crippen LogP contribution is 2.15. The number of nitrogens with zero attached hydrogens (tertiary/aromatic N) is 3. The second-order valence-corrected chi connectivity index (χ2v) is 3.16. The minimum atomic E-state index is -0.332. The molecule has 0 saturated heterocycles. The number of rotatable bonds is 1. The maximum absolute atomic E-state index is 12.6. The van der Waals surface area contributed by atoms with Crippen LogP contribution in [0.5, 0.6) is 0 Å². The topological polar surface area (TPSA) is 30.7 Å². The van der Waals surface area contributed by atoms with Crippen LogP contribution >= 0.6 is 0 Å². The molecule has 0 bridgehead atoms. The molecule has 0 amide bonds. The van der Waals surface area contributed by atoms with Gasteiger partial charge in [0.25, 0.3) is 0 Å². The Hall–Kier alpha value is -1.71. The van der Waals surface area contributed by atoms with Gasteiger partial charge in [0, 0.05) is 12.7 Å². The molecule has 2 rings (SSSR count). The van der Waals surface area contributed by atoms with Crippen LogP contribution in [0.15, 0.2) is 24.4 Å². The van der Waals surface area contributed by atoms with E-state index in [9.17, 15) is 4.39 Å². The molecule has 0 aliphatic heterocycles. The zero-order chi connectivity index (χ0) is 10.1. The fraction of sp³-hybridized carbons (Fsp3) is 0.200. The number of aryl methyl sites for hydroxylation is 2. The predicted octanol–water partition coefficient (Wildman–Crippen LogP) is 1.93. The van der Waals surface area contributed by atoms with Crippen LogP contribution in [-0.4, -0.2) is 14.8 Å². The molecule has 4 heteroatoms. The van der Waals surface area contributed by atoms with Gasteiger partial charge in [-0.05, 0) is 25.1 Å². The minimum absolute atomic E-state index is 0.332. The summed E-state index contributed by atoms with van der Waals surface area (Å²) in [6.07, 6.45) is 1.19. The lowest BCUT2D eigenvalue weighted by atomic mass is 10.2. The zero-order valence-corrected chi connectivity index (χ0v) is 8.03. The molecule has 0 spiro atoms. The standard InChI is InChI=1S/C10H10FN3/c1-7-5-10(13-14(7)2)9-4-3-8(11)6-12-9/h3-6H,1-2H3. The molecule has 0 radical (unpaired) electrons. The lowest BCUT2D eigenvalue weighted by Crippen LogP contribution is -1.92. The molecule has 0 N–H and O–H groups in total. The van der Waals surface area contributed by atoms with E-state index in [2.05, 4.69) is 10.1 Å². The Morgan fingerprint density at radius 2 is 2.07 bits per heavy atom. The molecule has 2 aromatic rings. The number of pyridine rings is 1. The molecule has 0 saturated carbocycles. The Morgan fingerprint density at radius 3 is 2.57 bits per heavy atom. The first kappa shape index (κ1) is 8.87. The van der Waals surface area contributed by atoms with Crippen LogP contribution in [0, 0.1) is 12.7 Å². The molecule has 2 aromatic heterocycles. The first-order chi connectivity index (χ1) is 6.66. The van der Waals surface area contributed by atoms with Crippen molar-refractivity contribution in [1.82, 2.24) is 14.8 Å². The van der Waals surface area contributed by atoms with Crippen LogP contribution in [0.4, 0.5) is 4.39 Å². The number of aromatic nitrogens is 3. The minimum Gasteiger partial charge on any atom is -0.272 e. The van der Waals surface area contributed by atoms with Gasteiger partial charge in [-0.25, -0.2) is 4.39 Å². The fourth-order valence-corrected chi connectivity index (χ4v) is 1.21. The van der Waals surface area contributed by atoms with Crippen LogP contribution in [0.25, 0.3) is 11.4 Å². The van der Waals surface area contributed by atoms with Crippen molar-refractivity contribution in [2.75, 3.05) is 0 Å². The summed E-state index contributed by atoms with van der Waals surface area (Å²) in [7, 11) is 1.86. The molecule has 0 aromatic carbocycles. The van der Waals surface area contributed by atoms with Crippen LogP contribution < -0.4 is 0 Å². The van der Waals surface area contributed by atoms with E-state index in [0.29, 0.717) is 5.69 Å². The van der Waals surface area contributed by atoms with Gasteiger partial charge in [-0.1, -0.05) is 0 Å². The molecule has 0 aliphatic carbocycles. The van der Waals surface area contributed by atoms with Crippen LogP contribution in [0.3, 0.4) is 0 Å². The van der Waals surface area contributed by atoms with Gasteiger partial charge in [-0.15, -0.1) is 0 Å². The normalized spacial score (nSPS) is 10.5. The molecule has 14 heavy (non-hydrogen) atoms. The highest BCUT2D eigenvalue weighted by molar-refractivity contribution is 5.53. The summed E-state index contributed by atoms with van der Waals surface area (Å²) in [5, 5.41) is 4.24. The van der Waals surface area contributed by atoms with Crippen molar-refractivity contribution in [3.63, 3.8) is 0 Å². The molecular formula is C10H10FN3. The zero-order valence-electron chi connectivity index (χ0n) is 8.03. The van der Waals surface area contributed by atoms with E-state index in [1.165, 1.54) is 12.3 Å². The Balaban J connectivity index is 2.44. The summed E-state index contributed by atoms with van der Waals surface area (Å²) < 4.78 is 14.4. The van der Waals surface area contributed by atoms with Crippen molar-refractivity contribution in [3.8, 4) is 11.4 Å². The molecule has 0 fully saturated rings. The van der Waals surface area contributed by atoms with E-state index >= 15 is 0 Å². The Labute approximate surface area is 81.2 Å². The average Bonchev–Trinajstić information content (AvgIpc) is 2.48. The molecule has 0 unspecified atom stereocenters. The molecule has 0 atom stereocenters. The quantitative estimate of drug-likeness (QED) is 0.689. The van der Waals surface area contributed by atoms with Crippen molar-refractivity contribution in [3.05, 3.63) is 35.9 Å². The third-order valence-electron chi connectivity index (χ3n) is 2.10. The van der Waals surface area contributed by atoms with Gasteiger partial charge in [-0.3, -0.25) is 9.67 Å². The lowest BCUT2D eigenvalue weighted by Gasteiger charge is -1.94. The van der Waals surface area contributed by atoms with Crippen LogP contribution in [0.2, 0.25) is 0 Å². The SMILES string of the molecule is Cc1cc(-c2ccc(F)cn2)nn1C. The first-order valence-electron chi connectivity index (χ1n) is 4.29. The van der Waals surface area contributed by atoms with Gasteiger partial charge < -0.3 is 0 Å². The Morgan fingerprint density at radius 1 is 1.29 bits per heavy atom. The van der Waals surface area contributed by atoms with Gasteiger partial charge in [0.2, 0.25) is 0 Å². The van der Waals surface area contributed by atoms with Crippen LogP contribution in [0.1, 0.15) is 5.69 Å². The third-order valence-corrected chi connectivity index (χ3v) is 2.10. The molecule has 2 heterocycles. The highest BCUT2D eigenvalue weighted by atomic mass is 19.1. The summed E-state index contributed by atoms with van der Waals surface area (Å²) in [6, 6.07) is 4.92. The van der Waals surface area contributed by atoms with E-state index in [1.54, 1.807) is 10.7 Å². The number of halogens is 1. The molecule has 0 aliphatic rings. The van der Waals surface area contributed by atoms with E-state index < -0.39 is 0 Å². The second kappa shape index (κ2) is 3.21. The molecular weight excluding hydrogens is 181 g/mol. The highest BCUT2D eigenvalue weighted by Gasteiger charge is 2.04. The lowest BCUT2D eigenvalue weighted by molar-refractivity contribution is 0.621. The number of hydrogen-bond acceptors (Lipinski definition) is 2. The van der Waals surface area contributed by atoms with Gasteiger partial charge in [0.1, 0.15) is 11.5 Å². The maximum Gasteiger partial charge on any atom is 0.141 e. The van der Waals surface area contributed by atoms with E-state index in [4.69, 9.17) is 0 Å². The monoisotopic (exact) mass is 191 g/mol. The summed E-state index contributed by atoms with van der Waals surface area (Å²) in [5.74, 6) is -0.332. The summed E-state index contributed by atoms with van der Waals surface area (Å²) in [4.78, 5) is 3.95. The van der Waals surface area contributed by atoms with Crippen molar-refractivity contribution < 1.29 is 4.39 Å².